The molecule has 0 aromatic carbocycles. The van der Waals surface area contributed by atoms with Gasteiger partial charge in [-0.25, -0.2) is 0 Å². The van der Waals surface area contributed by atoms with Crippen LogP contribution in [0.25, 0.3) is 0 Å². The first-order valence-corrected chi connectivity index (χ1v) is 6.77. The van der Waals surface area contributed by atoms with E-state index < -0.39 is 5.41 Å². The van der Waals surface area contributed by atoms with Crippen molar-refractivity contribution in [2.45, 2.75) is 33.1 Å². The Labute approximate surface area is 114 Å². The number of nitrogens with two attached hydrogens (primary N) is 1. The van der Waals surface area contributed by atoms with E-state index in [1.165, 1.54) is 12.8 Å². The molecule has 1 aliphatic rings. The standard InChI is InChI=1S/C13H25N3O3/c1-4-13(2,11(14)15-18)12(17)16(3)7-8-19-9-10-5-6-10/h10,18H,4-9H2,1-3H3,(H2,14,15). The molecule has 1 fully saturated rings. The number of amidine groups is 1. The third-order valence-corrected chi connectivity index (χ3v) is 3.82. The SMILES string of the molecule is CCC(C)(C(=O)N(C)CCOCC1CC1)C(N)=NO. The van der Waals surface area contributed by atoms with Gasteiger partial charge in [-0.1, -0.05) is 12.1 Å². The van der Waals surface area contributed by atoms with Crippen LogP contribution in [0.5, 0.6) is 0 Å². The Balaban J connectivity index is 2.43. The topological polar surface area (TPSA) is 88.2 Å². The number of carbonyl (C=O) groups is 1. The molecular formula is C13H25N3O3. The van der Waals surface area contributed by atoms with E-state index in [-0.39, 0.29) is 11.7 Å². The number of hydrogen-bond donors (Lipinski definition) is 2. The Morgan fingerprint density at radius 2 is 2.21 bits per heavy atom. The van der Waals surface area contributed by atoms with Crippen LogP contribution in [0.1, 0.15) is 33.1 Å². The van der Waals surface area contributed by atoms with Crippen molar-refractivity contribution in [1.82, 2.24) is 4.90 Å². The molecule has 0 spiro atoms. The zero-order chi connectivity index (χ0) is 14.5. The summed E-state index contributed by atoms with van der Waals surface area (Å²) < 4.78 is 5.51. The van der Waals surface area contributed by atoms with Gasteiger partial charge in [0.1, 0.15) is 5.41 Å². The van der Waals surface area contributed by atoms with E-state index in [1.54, 1.807) is 18.9 Å². The van der Waals surface area contributed by atoms with E-state index >= 15 is 0 Å². The Hall–Kier alpha value is -1.30. The number of likely N-dealkylation sites (N-methyl/N-ethyl adjacent to an activating group) is 1. The van der Waals surface area contributed by atoms with Gasteiger partial charge in [0.25, 0.3) is 0 Å². The summed E-state index contributed by atoms with van der Waals surface area (Å²) in [5.41, 5.74) is 4.67. The molecule has 0 heterocycles. The first-order chi connectivity index (χ1) is 8.95. The first kappa shape index (κ1) is 15.8. The van der Waals surface area contributed by atoms with Crippen LogP contribution in [0, 0.1) is 11.3 Å². The van der Waals surface area contributed by atoms with Crippen molar-refractivity contribution in [3.05, 3.63) is 0 Å². The van der Waals surface area contributed by atoms with Crippen LogP contribution in [0.4, 0.5) is 0 Å². The van der Waals surface area contributed by atoms with E-state index in [2.05, 4.69) is 5.16 Å². The van der Waals surface area contributed by atoms with Crippen LogP contribution < -0.4 is 5.73 Å². The second kappa shape index (κ2) is 6.75. The lowest BCUT2D eigenvalue weighted by atomic mass is 9.84. The van der Waals surface area contributed by atoms with Gasteiger partial charge >= 0.3 is 0 Å². The Kier molecular flexibility index (Phi) is 5.60. The first-order valence-electron chi connectivity index (χ1n) is 6.77. The van der Waals surface area contributed by atoms with Crippen molar-refractivity contribution >= 4 is 11.7 Å². The summed E-state index contributed by atoms with van der Waals surface area (Å²) in [5.74, 6) is 0.519. The minimum atomic E-state index is -0.958. The van der Waals surface area contributed by atoms with Gasteiger partial charge in [0, 0.05) is 20.2 Å². The summed E-state index contributed by atoms with van der Waals surface area (Å²) in [5, 5.41) is 11.8. The predicted octanol–water partition coefficient (Wildman–Crippen LogP) is 1.03. The molecular weight excluding hydrogens is 246 g/mol. The lowest BCUT2D eigenvalue weighted by molar-refractivity contribution is -0.137. The van der Waals surface area contributed by atoms with Crippen LogP contribution in [-0.4, -0.2) is 48.7 Å². The lowest BCUT2D eigenvalue weighted by Gasteiger charge is -2.30. The molecule has 0 aromatic heterocycles. The van der Waals surface area contributed by atoms with Gasteiger partial charge in [-0.05, 0) is 32.1 Å². The third kappa shape index (κ3) is 4.09. The molecule has 1 amide bonds. The molecule has 1 saturated carbocycles. The van der Waals surface area contributed by atoms with Crippen LogP contribution in [0.2, 0.25) is 0 Å². The molecule has 6 heteroatoms. The van der Waals surface area contributed by atoms with Gasteiger partial charge < -0.3 is 20.6 Å². The third-order valence-electron chi connectivity index (χ3n) is 3.82. The minimum absolute atomic E-state index is 0.0502. The van der Waals surface area contributed by atoms with Gasteiger partial charge in [0.15, 0.2) is 5.84 Å². The average Bonchev–Trinajstić information content (AvgIpc) is 3.24. The monoisotopic (exact) mass is 271 g/mol. The Morgan fingerprint density at radius 1 is 1.58 bits per heavy atom. The summed E-state index contributed by atoms with van der Waals surface area (Å²) in [6.07, 6.45) is 2.99. The van der Waals surface area contributed by atoms with Gasteiger partial charge in [-0.3, -0.25) is 4.79 Å². The fourth-order valence-electron chi connectivity index (χ4n) is 1.81. The summed E-state index contributed by atoms with van der Waals surface area (Å²) >= 11 is 0. The molecule has 0 aliphatic heterocycles. The smallest absolute Gasteiger partial charge is 0.236 e. The van der Waals surface area contributed by atoms with Crippen molar-refractivity contribution < 1.29 is 14.7 Å². The lowest BCUT2D eigenvalue weighted by Crippen LogP contribution is -2.48. The fourth-order valence-corrected chi connectivity index (χ4v) is 1.81. The molecule has 0 saturated heterocycles. The van der Waals surface area contributed by atoms with E-state index in [1.807, 2.05) is 6.92 Å². The van der Waals surface area contributed by atoms with Crippen LogP contribution in [-0.2, 0) is 9.53 Å². The molecule has 1 rings (SSSR count). The van der Waals surface area contributed by atoms with Crippen LogP contribution in [0.3, 0.4) is 0 Å². The number of carbonyl (C=O) groups excluding carboxylic acids is 1. The molecule has 1 aliphatic carbocycles. The highest BCUT2D eigenvalue weighted by atomic mass is 16.5. The highest BCUT2D eigenvalue weighted by Gasteiger charge is 2.38. The number of amides is 1. The normalized spacial score (nSPS) is 19.0. The highest BCUT2D eigenvalue weighted by Crippen LogP contribution is 2.28. The van der Waals surface area contributed by atoms with Gasteiger partial charge in [-0.15, -0.1) is 0 Å². The van der Waals surface area contributed by atoms with Crippen molar-refractivity contribution in [2.24, 2.45) is 22.2 Å². The maximum Gasteiger partial charge on any atom is 0.236 e. The predicted molar refractivity (Wildman–Crippen MR) is 73.0 cm³/mol. The molecule has 110 valence electrons. The van der Waals surface area contributed by atoms with E-state index in [0.29, 0.717) is 19.6 Å². The summed E-state index contributed by atoms with van der Waals surface area (Å²) in [6.45, 7) is 5.35. The second-order valence-corrected chi connectivity index (χ2v) is 5.42. The Bertz CT molecular complexity index is 342. The summed E-state index contributed by atoms with van der Waals surface area (Å²) in [7, 11) is 1.71. The highest BCUT2D eigenvalue weighted by molar-refractivity contribution is 6.06. The molecule has 1 atom stereocenters. The zero-order valence-corrected chi connectivity index (χ0v) is 12.1. The molecule has 0 radical (unpaired) electrons. The molecule has 0 bridgehead atoms. The average molecular weight is 271 g/mol. The zero-order valence-electron chi connectivity index (χ0n) is 12.1. The second-order valence-electron chi connectivity index (χ2n) is 5.42. The number of ether oxygens (including phenoxy) is 1. The largest absolute Gasteiger partial charge is 0.409 e. The number of rotatable bonds is 8. The molecule has 19 heavy (non-hydrogen) atoms. The number of hydrogen-bond acceptors (Lipinski definition) is 4. The minimum Gasteiger partial charge on any atom is -0.409 e. The number of nitrogens with zero attached hydrogens (tertiary/aromatic N) is 2. The van der Waals surface area contributed by atoms with E-state index in [0.717, 1.165) is 12.5 Å². The maximum absolute atomic E-state index is 12.3. The van der Waals surface area contributed by atoms with Gasteiger partial charge in [0.2, 0.25) is 5.91 Å². The van der Waals surface area contributed by atoms with Gasteiger partial charge in [0.05, 0.1) is 6.61 Å². The van der Waals surface area contributed by atoms with Crippen molar-refractivity contribution in [3.63, 3.8) is 0 Å². The van der Waals surface area contributed by atoms with Crippen LogP contribution >= 0.6 is 0 Å². The maximum atomic E-state index is 12.3. The van der Waals surface area contributed by atoms with E-state index in [4.69, 9.17) is 15.7 Å². The quantitative estimate of drug-likeness (QED) is 0.227. The van der Waals surface area contributed by atoms with E-state index in [9.17, 15) is 4.79 Å². The number of oxime groups is 1. The summed E-state index contributed by atoms with van der Waals surface area (Å²) in [6, 6.07) is 0. The molecule has 6 nitrogen and oxygen atoms in total. The van der Waals surface area contributed by atoms with Crippen molar-refractivity contribution in [2.75, 3.05) is 26.8 Å². The van der Waals surface area contributed by atoms with Crippen molar-refractivity contribution in [1.29, 1.82) is 0 Å². The molecule has 0 aromatic rings. The van der Waals surface area contributed by atoms with Crippen LogP contribution in [0.15, 0.2) is 5.16 Å². The fraction of sp³-hybridized carbons (Fsp3) is 0.846. The van der Waals surface area contributed by atoms with Crippen molar-refractivity contribution in [3.8, 4) is 0 Å². The molecule has 3 N–H and O–H groups in total. The Morgan fingerprint density at radius 3 is 2.68 bits per heavy atom. The van der Waals surface area contributed by atoms with Gasteiger partial charge in [-0.2, -0.15) is 0 Å². The molecule has 1 unspecified atom stereocenters. The summed E-state index contributed by atoms with van der Waals surface area (Å²) in [4.78, 5) is 13.9.